The van der Waals surface area contributed by atoms with Crippen LogP contribution in [-0.4, -0.2) is 14.8 Å². The maximum absolute atomic E-state index is 4.28. The molecule has 2 aromatic heterocycles. The van der Waals surface area contributed by atoms with Crippen LogP contribution in [0.5, 0.6) is 0 Å². The molecule has 0 fully saturated rings. The molecule has 0 radical (unpaired) electrons. The SMILES string of the molecule is Brc1ccc(Cn2nc(Br)cc2Br)nc1. The molecule has 0 aromatic carbocycles. The van der Waals surface area contributed by atoms with Crippen LogP contribution in [0, 0.1) is 0 Å². The zero-order chi connectivity index (χ0) is 10.8. The van der Waals surface area contributed by atoms with Crippen LogP contribution in [0.15, 0.2) is 38.1 Å². The summed E-state index contributed by atoms with van der Waals surface area (Å²) in [4.78, 5) is 4.28. The fraction of sp³-hybridized carbons (Fsp3) is 0.111. The van der Waals surface area contributed by atoms with Gasteiger partial charge in [-0.25, -0.2) is 0 Å². The molecule has 2 rings (SSSR count). The van der Waals surface area contributed by atoms with Crippen LogP contribution in [0.4, 0.5) is 0 Å². The van der Waals surface area contributed by atoms with Crippen LogP contribution >= 0.6 is 47.8 Å². The van der Waals surface area contributed by atoms with Crippen molar-refractivity contribution in [2.45, 2.75) is 6.54 Å². The van der Waals surface area contributed by atoms with Gasteiger partial charge in [0, 0.05) is 16.7 Å². The lowest BCUT2D eigenvalue weighted by molar-refractivity contribution is 0.654. The van der Waals surface area contributed by atoms with Gasteiger partial charge < -0.3 is 0 Å². The summed E-state index contributed by atoms with van der Waals surface area (Å²) in [6.07, 6.45) is 1.78. The molecule has 0 bridgehead atoms. The van der Waals surface area contributed by atoms with Gasteiger partial charge in [-0.15, -0.1) is 0 Å². The maximum atomic E-state index is 4.28. The van der Waals surface area contributed by atoms with E-state index in [1.807, 2.05) is 22.9 Å². The molecule has 0 atom stereocenters. The highest BCUT2D eigenvalue weighted by Crippen LogP contribution is 2.17. The van der Waals surface area contributed by atoms with E-state index in [1.54, 1.807) is 6.20 Å². The Morgan fingerprint density at radius 3 is 2.53 bits per heavy atom. The highest BCUT2D eigenvalue weighted by atomic mass is 79.9. The highest BCUT2D eigenvalue weighted by molar-refractivity contribution is 9.11. The van der Waals surface area contributed by atoms with Crippen molar-refractivity contribution in [3.63, 3.8) is 0 Å². The van der Waals surface area contributed by atoms with E-state index in [4.69, 9.17) is 0 Å². The van der Waals surface area contributed by atoms with Crippen LogP contribution in [0.25, 0.3) is 0 Å². The number of pyridine rings is 1. The van der Waals surface area contributed by atoms with Crippen molar-refractivity contribution in [1.29, 1.82) is 0 Å². The minimum Gasteiger partial charge on any atom is -0.258 e. The normalized spacial score (nSPS) is 10.6. The van der Waals surface area contributed by atoms with E-state index in [-0.39, 0.29) is 0 Å². The predicted octanol–water partition coefficient (Wildman–Crippen LogP) is 3.61. The van der Waals surface area contributed by atoms with Gasteiger partial charge in [0.15, 0.2) is 0 Å². The summed E-state index contributed by atoms with van der Waals surface area (Å²) in [5.74, 6) is 0. The van der Waals surface area contributed by atoms with E-state index < -0.39 is 0 Å². The Morgan fingerprint density at radius 1 is 1.20 bits per heavy atom. The van der Waals surface area contributed by atoms with Crippen LogP contribution in [0.2, 0.25) is 0 Å². The largest absolute Gasteiger partial charge is 0.258 e. The second-order valence-corrected chi connectivity index (χ2v) is 5.46. The first-order valence-corrected chi connectivity index (χ1v) is 6.52. The fourth-order valence-corrected chi connectivity index (χ4v) is 2.50. The number of nitrogens with zero attached hydrogens (tertiary/aromatic N) is 3. The summed E-state index contributed by atoms with van der Waals surface area (Å²) in [5, 5.41) is 4.26. The van der Waals surface area contributed by atoms with E-state index in [2.05, 4.69) is 57.9 Å². The van der Waals surface area contributed by atoms with Crippen molar-refractivity contribution in [1.82, 2.24) is 14.8 Å². The zero-order valence-corrected chi connectivity index (χ0v) is 12.3. The summed E-state index contributed by atoms with van der Waals surface area (Å²) in [6.45, 7) is 0.652. The van der Waals surface area contributed by atoms with Crippen molar-refractivity contribution >= 4 is 47.8 Å². The van der Waals surface area contributed by atoms with Gasteiger partial charge in [-0.3, -0.25) is 9.67 Å². The molecule has 0 aliphatic carbocycles. The Morgan fingerprint density at radius 2 is 2.00 bits per heavy atom. The van der Waals surface area contributed by atoms with Crippen LogP contribution in [-0.2, 0) is 6.54 Å². The minimum atomic E-state index is 0.652. The third-order valence-corrected chi connectivity index (χ3v) is 3.30. The highest BCUT2D eigenvalue weighted by Gasteiger charge is 2.04. The first-order valence-electron chi connectivity index (χ1n) is 4.14. The molecule has 0 amide bonds. The smallest absolute Gasteiger partial charge is 0.129 e. The lowest BCUT2D eigenvalue weighted by Crippen LogP contribution is -2.03. The van der Waals surface area contributed by atoms with Crippen molar-refractivity contribution in [2.75, 3.05) is 0 Å². The molecule has 0 aliphatic rings. The summed E-state index contributed by atoms with van der Waals surface area (Å²) >= 11 is 10.1. The Bertz CT molecular complexity index is 464. The third-order valence-electron chi connectivity index (χ3n) is 1.80. The third kappa shape index (κ3) is 2.89. The lowest BCUT2D eigenvalue weighted by Gasteiger charge is -2.02. The Balaban J connectivity index is 2.21. The van der Waals surface area contributed by atoms with Gasteiger partial charge in [0.05, 0.1) is 12.2 Å². The lowest BCUT2D eigenvalue weighted by atomic mass is 10.3. The number of rotatable bonds is 2. The van der Waals surface area contributed by atoms with E-state index in [9.17, 15) is 0 Å². The van der Waals surface area contributed by atoms with Crippen molar-refractivity contribution < 1.29 is 0 Å². The Labute approximate surface area is 112 Å². The van der Waals surface area contributed by atoms with Gasteiger partial charge in [0.2, 0.25) is 0 Å². The number of halogens is 3. The molecule has 78 valence electrons. The van der Waals surface area contributed by atoms with Gasteiger partial charge in [-0.2, -0.15) is 5.10 Å². The van der Waals surface area contributed by atoms with E-state index in [0.29, 0.717) is 6.54 Å². The average Bonchev–Trinajstić information content (AvgIpc) is 2.49. The van der Waals surface area contributed by atoms with E-state index in [1.165, 1.54) is 0 Å². The molecule has 0 N–H and O–H groups in total. The molecule has 3 nitrogen and oxygen atoms in total. The van der Waals surface area contributed by atoms with Crippen molar-refractivity contribution in [2.24, 2.45) is 0 Å². The average molecular weight is 396 g/mol. The second-order valence-electron chi connectivity index (χ2n) is 2.92. The molecular formula is C9H6Br3N3. The number of aromatic nitrogens is 3. The minimum absolute atomic E-state index is 0.652. The first kappa shape index (κ1) is 11.3. The molecular weight excluding hydrogens is 390 g/mol. The topological polar surface area (TPSA) is 30.7 Å². The van der Waals surface area contributed by atoms with E-state index in [0.717, 1.165) is 19.4 Å². The summed E-state index contributed by atoms with van der Waals surface area (Å²) in [7, 11) is 0. The molecule has 0 saturated carbocycles. The van der Waals surface area contributed by atoms with Crippen LogP contribution in [0.3, 0.4) is 0 Å². The maximum Gasteiger partial charge on any atom is 0.129 e. The Hall–Kier alpha value is -0.200. The van der Waals surface area contributed by atoms with Crippen LogP contribution < -0.4 is 0 Å². The molecule has 2 aromatic rings. The molecule has 0 saturated heterocycles. The van der Waals surface area contributed by atoms with Gasteiger partial charge >= 0.3 is 0 Å². The fourth-order valence-electron chi connectivity index (χ4n) is 1.13. The van der Waals surface area contributed by atoms with Crippen molar-refractivity contribution in [3.05, 3.63) is 43.8 Å². The van der Waals surface area contributed by atoms with Crippen LogP contribution in [0.1, 0.15) is 5.69 Å². The molecule has 2 heterocycles. The molecule has 0 unspecified atom stereocenters. The Kier molecular flexibility index (Phi) is 3.58. The van der Waals surface area contributed by atoms with Gasteiger partial charge in [0.25, 0.3) is 0 Å². The summed E-state index contributed by atoms with van der Waals surface area (Å²) in [6, 6.07) is 5.83. The predicted molar refractivity (Wildman–Crippen MR) is 68.7 cm³/mol. The number of hydrogen-bond donors (Lipinski definition) is 0. The standard InChI is InChI=1S/C9H6Br3N3/c10-6-1-2-7(13-4-6)5-15-9(12)3-8(11)14-15/h1-4H,5H2. The quantitative estimate of drug-likeness (QED) is 0.777. The van der Waals surface area contributed by atoms with Crippen molar-refractivity contribution in [3.8, 4) is 0 Å². The molecule has 15 heavy (non-hydrogen) atoms. The zero-order valence-electron chi connectivity index (χ0n) is 7.49. The van der Waals surface area contributed by atoms with Gasteiger partial charge in [-0.05, 0) is 59.9 Å². The molecule has 0 spiro atoms. The van der Waals surface area contributed by atoms with E-state index >= 15 is 0 Å². The number of hydrogen-bond acceptors (Lipinski definition) is 2. The van der Waals surface area contributed by atoms with Gasteiger partial charge in [0.1, 0.15) is 9.21 Å². The summed E-state index contributed by atoms with van der Waals surface area (Å²) < 4.78 is 4.55. The monoisotopic (exact) mass is 393 g/mol. The van der Waals surface area contributed by atoms with Gasteiger partial charge in [-0.1, -0.05) is 0 Å². The second kappa shape index (κ2) is 4.76. The molecule has 6 heteroatoms. The first-order chi connectivity index (χ1) is 7.15. The summed E-state index contributed by atoms with van der Waals surface area (Å²) in [5.41, 5.74) is 0.967. The molecule has 0 aliphatic heterocycles.